The van der Waals surface area contributed by atoms with Gasteiger partial charge in [-0.1, -0.05) is 42.5 Å². The highest BCUT2D eigenvalue weighted by molar-refractivity contribution is 7.89. The summed E-state index contributed by atoms with van der Waals surface area (Å²) in [6.07, 6.45) is 0. The van der Waals surface area contributed by atoms with Gasteiger partial charge in [0.1, 0.15) is 0 Å². The fraction of sp³-hybridized carbons (Fsp3) is 0.250. The summed E-state index contributed by atoms with van der Waals surface area (Å²) >= 11 is 0. The Morgan fingerprint density at radius 3 is 2.25 bits per heavy atom. The van der Waals surface area contributed by atoms with E-state index in [1.165, 1.54) is 0 Å². The van der Waals surface area contributed by atoms with Crippen LogP contribution in [-0.4, -0.2) is 14.0 Å². The van der Waals surface area contributed by atoms with Gasteiger partial charge in [-0.3, -0.25) is 0 Å². The molecule has 4 heteroatoms. The highest BCUT2D eigenvalue weighted by atomic mass is 32.2. The second-order valence-corrected chi connectivity index (χ2v) is 7.31. The maximum atomic E-state index is 12.3. The van der Waals surface area contributed by atoms with E-state index in [1.807, 2.05) is 57.2 Å². The molecule has 0 unspecified atom stereocenters. The van der Waals surface area contributed by atoms with Crippen molar-refractivity contribution >= 4 is 10.0 Å². The van der Waals surface area contributed by atoms with E-state index >= 15 is 0 Å². The van der Waals surface area contributed by atoms with Crippen molar-refractivity contribution in [2.45, 2.75) is 31.2 Å². The van der Waals surface area contributed by atoms with Crippen LogP contribution in [0.3, 0.4) is 0 Å². The van der Waals surface area contributed by atoms with Gasteiger partial charge in [-0.25, -0.2) is 13.1 Å². The first kappa shape index (κ1) is 14.8. The van der Waals surface area contributed by atoms with Gasteiger partial charge >= 0.3 is 0 Å². The summed E-state index contributed by atoms with van der Waals surface area (Å²) < 4.78 is 27.2. The van der Waals surface area contributed by atoms with Gasteiger partial charge in [-0.05, 0) is 38.0 Å². The molecular weight excluding hydrogens is 270 g/mol. The lowest BCUT2D eigenvalue weighted by Crippen LogP contribution is -2.40. The van der Waals surface area contributed by atoms with Crippen LogP contribution < -0.4 is 4.72 Å². The molecule has 0 aromatic heterocycles. The van der Waals surface area contributed by atoms with Crippen LogP contribution in [0.1, 0.15) is 20.8 Å². The van der Waals surface area contributed by atoms with Gasteiger partial charge in [-0.15, -0.1) is 0 Å². The standard InChI is InChI=1S/C16H18NO2S/c1-16(2,3)17-20(18,19)15-11-7-10-14(12-15)13-8-5-4-6-9-13/h4-10,12,17H,1-3H3. The molecule has 1 N–H and O–H groups in total. The zero-order valence-electron chi connectivity index (χ0n) is 11.8. The Morgan fingerprint density at radius 2 is 1.65 bits per heavy atom. The molecular formula is C16H18NO2S. The molecule has 0 amide bonds. The SMILES string of the molecule is CC(C)(C)NS(=O)(=O)c1[c]ccc(-c2ccccc2)c1. The molecule has 2 rings (SSSR count). The van der Waals surface area contributed by atoms with Gasteiger partial charge in [0.2, 0.25) is 10.0 Å². The Kier molecular flexibility index (Phi) is 3.97. The fourth-order valence-corrected chi connectivity index (χ4v) is 3.29. The monoisotopic (exact) mass is 288 g/mol. The average Bonchev–Trinajstić information content (AvgIpc) is 2.37. The molecule has 1 radical (unpaired) electrons. The molecule has 0 heterocycles. The van der Waals surface area contributed by atoms with Crippen molar-refractivity contribution in [2.24, 2.45) is 0 Å². The first-order valence-electron chi connectivity index (χ1n) is 6.39. The van der Waals surface area contributed by atoms with Crippen molar-refractivity contribution in [1.29, 1.82) is 0 Å². The summed E-state index contributed by atoms with van der Waals surface area (Å²) in [5.74, 6) is 0. The molecule has 0 saturated carbocycles. The molecule has 0 spiro atoms. The van der Waals surface area contributed by atoms with Gasteiger partial charge in [0, 0.05) is 11.6 Å². The molecule has 0 saturated heterocycles. The van der Waals surface area contributed by atoms with Crippen molar-refractivity contribution in [3.8, 4) is 11.1 Å². The molecule has 0 atom stereocenters. The van der Waals surface area contributed by atoms with E-state index < -0.39 is 15.6 Å². The molecule has 0 bridgehead atoms. The Morgan fingerprint density at radius 1 is 1.00 bits per heavy atom. The van der Waals surface area contributed by atoms with Crippen LogP contribution in [0.5, 0.6) is 0 Å². The maximum absolute atomic E-state index is 12.3. The summed E-state index contributed by atoms with van der Waals surface area (Å²) in [6.45, 7) is 5.43. The predicted molar refractivity (Wildman–Crippen MR) is 80.8 cm³/mol. The lowest BCUT2D eigenvalue weighted by Gasteiger charge is -2.20. The maximum Gasteiger partial charge on any atom is 0.241 e. The quantitative estimate of drug-likeness (QED) is 0.942. The van der Waals surface area contributed by atoms with E-state index in [2.05, 4.69) is 10.8 Å². The number of hydrogen-bond acceptors (Lipinski definition) is 2. The van der Waals surface area contributed by atoms with E-state index in [1.54, 1.807) is 12.1 Å². The largest absolute Gasteiger partial charge is 0.241 e. The Bertz CT molecular complexity index is 686. The summed E-state index contributed by atoms with van der Waals surface area (Å²) in [5.41, 5.74) is 1.32. The van der Waals surface area contributed by atoms with Gasteiger partial charge < -0.3 is 0 Å². The van der Waals surface area contributed by atoms with Gasteiger partial charge in [0.15, 0.2) is 0 Å². The molecule has 105 valence electrons. The minimum atomic E-state index is -3.55. The molecule has 0 aliphatic carbocycles. The smallest absolute Gasteiger partial charge is 0.207 e. The zero-order valence-corrected chi connectivity index (χ0v) is 12.7. The first-order chi connectivity index (χ1) is 9.28. The second-order valence-electron chi connectivity index (χ2n) is 5.66. The minimum absolute atomic E-state index is 0.161. The molecule has 2 aromatic carbocycles. The lowest BCUT2D eigenvalue weighted by atomic mass is 10.1. The van der Waals surface area contributed by atoms with Crippen molar-refractivity contribution in [1.82, 2.24) is 4.72 Å². The van der Waals surface area contributed by atoms with Crippen LogP contribution in [0.2, 0.25) is 0 Å². The normalized spacial score (nSPS) is 12.3. The third-order valence-electron chi connectivity index (χ3n) is 2.61. The molecule has 3 nitrogen and oxygen atoms in total. The molecule has 20 heavy (non-hydrogen) atoms. The third-order valence-corrected chi connectivity index (χ3v) is 4.31. The van der Waals surface area contributed by atoms with Crippen LogP contribution in [0.4, 0.5) is 0 Å². The summed E-state index contributed by atoms with van der Waals surface area (Å²) in [5, 5.41) is 0. The zero-order chi connectivity index (χ0) is 14.8. The summed E-state index contributed by atoms with van der Waals surface area (Å²) in [4.78, 5) is 0.161. The summed E-state index contributed by atoms with van der Waals surface area (Å²) in [6, 6.07) is 17.6. The number of hydrogen-bond donors (Lipinski definition) is 1. The van der Waals surface area contributed by atoms with E-state index in [-0.39, 0.29) is 4.90 Å². The predicted octanol–water partition coefficient (Wildman–Crippen LogP) is 3.23. The van der Waals surface area contributed by atoms with E-state index in [9.17, 15) is 8.42 Å². The summed E-state index contributed by atoms with van der Waals surface area (Å²) in [7, 11) is -3.55. The van der Waals surface area contributed by atoms with Crippen LogP contribution in [-0.2, 0) is 10.0 Å². The van der Waals surface area contributed by atoms with Crippen LogP contribution in [0.15, 0.2) is 53.4 Å². The Hall–Kier alpha value is -1.65. The van der Waals surface area contributed by atoms with Crippen molar-refractivity contribution < 1.29 is 8.42 Å². The average molecular weight is 288 g/mol. The van der Waals surface area contributed by atoms with Crippen molar-refractivity contribution in [2.75, 3.05) is 0 Å². The van der Waals surface area contributed by atoms with Crippen LogP contribution >= 0.6 is 0 Å². The molecule has 0 aliphatic heterocycles. The van der Waals surface area contributed by atoms with Crippen molar-refractivity contribution in [3.63, 3.8) is 0 Å². The van der Waals surface area contributed by atoms with Gasteiger partial charge in [0.05, 0.1) is 4.90 Å². The fourth-order valence-electron chi connectivity index (χ4n) is 1.87. The van der Waals surface area contributed by atoms with Crippen LogP contribution in [0, 0.1) is 6.07 Å². The van der Waals surface area contributed by atoms with E-state index in [0.29, 0.717) is 0 Å². The highest BCUT2D eigenvalue weighted by Crippen LogP contribution is 2.22. The molecule has 0 fully saturated rings. The lowest BCUT2D eigenvalue weighted by molar-refractivity contribution is 0.491. The number of rotatable bonds is 3. The van der Waals surface area contributed by atoms with Crippen LogP contribution in [0.25, 0.3) is 11.1 Å². The Balaban J connectivity index is 2.41. The molecule has 2 aromatic rings. The third kappa shape index (κ3) is 3.68. The van der Waals surface area contributed by atoms with E-state index in [0.717, 1.165) is 11.1 Å². The van der Waals surface area contributed by atoms with Crippen molar-refractivity contribution in [3.05, 3.63) is 54.6 Å². The number of benzene rings is 2. The topological polar surface area (TPSA) is 46.2 Å². The van der Waals surface area contributed by atoms with E-state index in [4.69, 9.17) is 0 Å². The molecule has 0 aliphatic rings. The first-order valence-corrected chi connectivity index (χ1v) is 7.87. The number of nitrogens with one attached hydrogen (secondary N) is 1. The second kappa shape index (κ2) is 5.38. The minimum Gasteiger partial charge on any atom is -0.207 e. The van der Waals surface area contributed by atoms with Gasteiger partial charge in [-0.2, -0.15) is 0 Å². The number of sulfonamides is 1. The van der Waals surface area contributed by atoms with Gasteiger partial charge in [0.25, 0.3) is 0 Å². The Labute approximate surface area is 120 Å². The highest BCUT2D eigenvalue weighted by Gasteiger charge is 2.22.